The molecule has 3 heterocycles. The molecular formula is C24H32ClFN4O4Si. The molecule has 0 radical (unpaired) electrons. The summed E-state index contributed by atoms with van der Waals surface area (Å²) in [6, 6.07) is 3.98. The van der Waals surface area contributed by atoms with E-state index in [-0.39, 0.29) is 46.7 Å². The molecule has 1 saturated carbocycles. The monoisotopic (exact) mass is 522 g/mol. The number of esters is 1. The van der Waals surface area contributed by atoms with E-state index in [0.29, 0.717) is 38.1 Å². The van der Waals surface area contributed by atoms with Crippen LogP contribution in [0, 0.1) is 17.7 Å². The normalized spacial score (nSPS) is 23.9. The van der Waals surface area contributed by atoms with Crippen LogP contribution >= 0.6 is 11.6 Å². The van der Waals surface area contributed by atoms with E-state index in [4.69, 9.17) is 21.1 Å². The van der Waals surface area contributed by atoms with E-state index < -0.39 is 19.4 Å². The molecular weight excluding hydrogens is 491 g/mol. The Morgan fingerprint density at radius 1 is 1.31 bits per heavy atom. The molecule has 0 bridgehead atoms. The number of piperidine rings is 1. The van der Waals surface area contributed by atoms with Gasteiger partial charge in [0.2, 0.25) is 0 Å². The highest BCUT2D eigenvalue weighted by atomic mass is 35.5. The summed E-state index contributed by atoms with van der Waals surface area (Å²) in [6.45, 7) is 8.07. The van der Waals surface area contributed by atoms with E-state index >= 15 is 0 Å². The SMILES string of the molecule is COC(=O)C1CCNC2(C1)CC2C(=O)c1cc(-c2cc(Cl)ncc2F)n(COCC[Si](C)(C)C)n1. The van der Waals surface area contributed by atoms with E-state index in [1.165, 1.54) is 17.9 Å². The third-order valence-corrected chi connectivity index (χ3v) is 8.76. The molecule has 2 aromatic heterocycles. The highest BCUT2D eigenvalue weighted by Gasteiger charge is 2.60. The summed E-state index contributed by atoms with van der Waals surface area (Å²) in [5.74, 6) is -1.46. The maximum absolute atomic E-state index is 14.7. The molecule has 2 fully saturated rings. The van der Waals surface area contributed by atoms with Crippen LogP contribution in [-0.2, 0) is 21.0 Å². The van der Waals surface area contributed by atoms with Gasteiger partial charge in [-0.05, 0) is 44.0 Å². The predicted octanol–water partition coefficient (Wildman–Crippen LogP) is 4.16. The molecule has 1 aliphatic heterocycles. The van der Waals surface area contributed by atoms with Crippen molar-refractivity contribution in [2.45, 2.75) is 57.2 Å². The smallest absolute Gasteiger partial charge is 0.308 e. The Bertz CT molecular complexity index is 1120. The number of aromatic nitrogens is 3. The van der Waals surface area contributed by atoms with E-state index in [2.05, 4.69) is 35.0 Å². The van der Waals surface area contributed by atoms with Crippen molar-refractivity contribution in [2.24, 2.45) is 11.8 Å². The zero-order chi connectivity index (χ0) is 25.4. The molecule has 8 nitrogen and oxygen atoms in total. The first-order valence-corrected chi connectivity index (χ1v) is 16.0. The fourth-order valence-electron chi connectivity index (χ4n) is 4.72. The van der Waals surface area contributed by atoms with Crippen molar-refractivity contribution in [2.75, 3.05) is 20.3 Å². The number of carbonyl (C=O) groups excluding carboxylic acids is 2. The summed E-state index contributed by atoms with van der Waals surface area (Å²) in [6.07, 6.45) is 2.92. The van der Waals surface area contributed by atoms with Gasteiger partial charge in [-0.25, -0.2) is 14.1 Å². The zero-order valence-electron chi connectivity index (χ0n) is 20.6. The molecule has 190 valence electrons. The van der Waals surface area contributed by atoms with Crippen LogP contribution in [0.25, 0.3) is 11.3 Å². The van der Waals surface area contributed by atoms with Crippen LogP contribution in [0.4, 0.5) is 4.39 Å². The fraction of sp³-hybridized carbons (Fsp3) is 0.583. The lowest BCUT2D eigenvalue weighted by molar-refractivity contribution is -0.146. The molecule has 35 heavy (non-hydrogen) atoms. The second-order valence-corrected chi connectivity index (χ2v) is 16.7. The van der Waals surface area contributed by atoms with Gasteiger partial charge < -0.3 is 14.8 Å². The molecule has 3 atom stereocenters. The lowest BCUT2D eigenvalue weighted by Gasteiger charge is -2.29. The Hall–Kier alpha value is -2.14. The third-order valence-electron chi connectivity index (χ3n) is 6.85. The quantitative estimate of drug-likeness (QED) is 0.174. The Kier molecular flexibility index (Phi) is 7.47. The number of hydrogen-bond acceptors (Lipinski definition) is 7. The topological polar surface area (TPSA) is 95.3 Å². The number of rotatable bonds is 9. The molecule has 0 aromatic carbocycles. The first kappa shape index (κ1) is 25.9. The number of nitrogens with one attached hydrogen (secondary N) is 1. The van der Waals surface area contributed by atoms with Gasteiger partial charge in [0.1, 0.15) is 17.6 Å². The minimum atomic E-state index is -1.28. The van der Waals surface area contributed by atoms with Gasteiger partial charge in [0, 0.05) is 31.7 Å². The summed E-state index contributed by atoms with van der Waals surface area (Å²) >= 11 is 6.03. The lowest BCUT2D eigenvalue weighted by atomic mass is 9.88. The number of nitrogens with zero attached hydrogens (tertiary/aromatic N) is 3. The molecule has 3 unspecified atom stereocenters. The minimum absolute atomic E-state index is 0.0882. The van der Waals surface area contributed by atoms with E-state index in [1.807, 2.05) is 0 Å². The minimum Gasteiger partial charge on any atom is -0.469 e. The van der Waals surface area contributed by atoms with Crippen molar-refractivity contribution in [3.05, 3.63) is 35.0 Å². The molecule has 0 amide bonds. The van der Waals surface area contributed by atoms with Gasteiger partial charge in [0.15, 0.2) is 11.6 Å². The fourth-order valence-corrected chi connectivity index (χ4v) is 5.63. The van der Waals surface area contributed by atoms with Crippen molar-refractivity contribution in [1.82, 2.24) is 20.1 Å². The molecule has 4 rings (SSSR count). The third kappa shape index (κ3) is 5.82. The Morgan fingerprint density at radius 2 is 2.09 bits per heavy atom. The van der Waals surface area contributed by atoms with E-state index in [9.17, 15) is 14.0 Å². The van der Waals surface area contributed by atoms with Crippen LogP contribution in [0.2, 0.25) is 30.8 Å². The largest absolute Gasteiger partial charge is 0.469 e. The molecule has 11 heteroatoms. The molecule has 1 saturated heterocycles. The van der Waals surface area contributed by atoms with Gasteiger partial charge in [-0.3, -0.25) is 9.59 Å². The van der Waals surface area contributed by atoms with Gasteiger partial charge in [-0.15, -0.1) is 0 Å². The zero-order valence-corrected chi connectivity index (χ0v) is 22.3. The van der Waals surface area contributed by atoms with Crippen molar-refractivity contribution in [3.8, 4) is 11.3 Å². The second kappa shape index (κ2) is 10.1. The Labute approximate surface area is 210 Å². The second-order valence-electron chi connectivity index (χ2n) is 10.7. The van der Waals surface area contributed by atoms with Crippen LogP contribution in [0.15, 0.2) is 18.3 Å². The number of carbonyl (C=O) groups is 2. The number of pyridine rings is 1. The number of halogens is 2. The van der Waals surface area contributed by atoms with Gasteiger partial charge >= 0.3 is 5.97 Å². The maximum atomic E-state index is 14.7. The van der Waals surface area contributed by atoms with Crippen LogP contribution in [0.3, 0.4) is 0 Å². The number of hydrogen-bond donors (Lipinski definition) is 1. The number of ether oxygens (including phenoxy) is 2. The van der Waals surface area contributed by atoms with E-state index in [1.54, 1.807) is 6.07 Å². The lowest BCUT2D eigenvalue weighted by Crippen LogP contribution is -2.45. The first-order valence-electron chi connectivity index (χ1n) is 11.9. The van der Waals surface area contributed by atoms with Crippen LogP contribution in [0.1, 0.15) is 29.8 Å². The van der Waals surface area contributed by atoms with Crippen LogP contribution in [-0.4, -0.2) is 60.4 Å². The van der Waals surface area contributed by atoms with Crippen molar-refractivity contribution in [3.63, 3.8) is 0 Å². The number of Topliss-reactive ketones (excluding diaryl/α,β-unsaturated/α-hetero) is 1. The van der Waals surface area contributed by atoms with Crippen LogP contribution in [0.5, 0.6) is 0 Å². The highest BCUT2D eigenvalue weighted by molar-refractivity contribution is 6.76. The standard InChI is InChI=1S/C24H32ClFN4O4Si/c1-33-23(32)15-5-6-28-24(11-15)12-17(24)22(31)19-10-20(16-9-21(25)27-13-18(16)26)30(29-19)14-34-7-8-35(2,3)4/h9-10,13,15,17,28H,5-8,11-12,14H2,1-4H3. The summed E-state index contributed by atoms with van der Waals surface area (Å²) < 4.78 is 26.9. The summed E-state index contributed by atoms with van der Waals surface area (Å²) in [7, 11) is 0.103. The molecule has 1 aliphatic carbocycles. The average Bonchev–Trinajstić information content (AvgIpc) is 3.32. The molecule has 1 spiro atoms. The Morgan fingerprint density at radius 3 is 2.80 bits per heavy atom. The number of ketones is 1. The van der Waals surface area contributed by atoms with Crippen LogP contribution < -0.4 is 5.32 Å². The van der Waals surface area contributed by atoms with Crippen molar-refractivity contribution in [1.29, 1.82) is 0 Å². The summed E-state index contributed by atoms with van der Waals surface area (Å²) in [5.41, 5.74) is 0.432. The first-order chi connectivity index (χ1) is 16.5. The number of methoxy groups -OCH3 is 1. The molecule has 1 N–H and O–H groups in total. The molecule has 2 aliphatic rings. The highest BCUT2D eigenvalue weighted by Crippen LogP contribution is 2.51. The van der Waals surface area contributed by atoms with Crippen molar-refractivity contribution >= 4 is 31.4 Å². The van der Waals surface area contributed by atoms with Gasteiger partial charge in [-0.2, -0.15) is 5.10 Å². The van der Waals surface area contributed by atoms with Gasteiger partial charge in [0.25, 0.3) is 0 Å². The van der Waals surface area contributed by atoms with Gasteiger partial charge in [0.05, 0.1) is 24.9 Å². The molecule has 2 aromatic rings. The van der Waals surface area contributed by atoms with Gasteiger partial charge in [-0.1, -0.05) is 31.2 Å². The van der Waals surface area contributed by atoms with Crippen molar-refractivity contribution < 1.29 is 23.5 Å². The maximum Gasteiger partial charge on any atom is 0.308 e. The summed E-state index contributed by atoms with van der Waals surface area (Å²) in [5, 5.41) is 8.08. The van der Waals surface area contributed by atoms with E-state index in [0.717, 1.165) is 12.2 Å². The average molecular weight is 523 g/mol. The Balaban J connectivity index is 1.56. The predicted molar refractivity (Wildman–Crippen MR) is 132 cm³/mol. The summed E-state index contributed by atoms with van der Waals surface area (Å²) in [4.78, 5) is 29.3.